The van der Waals surface area contributed by atoms with Crippen molar-refractivity contribution in [2.75, 3.05) is 0 Å². The fourth-order valence-corrected chi connectivity index (χ4v) is 3.05. The van der Waals surface area contributed by atoms with Crippen LogP contribution in [0.1, 0.15) is 5.56 Å². The fraction of sp³-hybridized carbons (Fsp3) is 0.100. The lowest BCUT2D eigenvalue weighted by atomic mass is 10.1. The lowest BCUT2D eigenvalue weighted by Crippen LogP contribution is -2.44. The molecule has 2 heterocycles. The van der Waals surface area contributed by atoms with E-state index in [1.54, 1.807) is 30.5 Å². The number of amides is 2. The van der Waals surface area contributed by atoms with Crippen LogP contribution in [0.2, 0.25) is 0 Å². The fourth-order valence-electron chi connectivity index (χ4n) is 3.05. The highest BCUT2D eigenvalue weighted by molar-refractivity contribution is 5.89. The van der Waals surface area contributed by atoms with Gasteiger partial charge >= 0.3 is 0 Å². The van der Waals surface area contributed by atoms with Crippen molar-refractivity contribution in [3.8, 4) is 0 Å². The van der Waals surface area contributed by atoms with E-state index in [-0.39, 0.29) is 24.4 Å². The summed E-state index contributed by atoms with van der Waals surface area (Å²) < 4.78 is 1.20. The molecule has 0 saturated carbocycles. The Balaban J connectivity index is 1.37. The van der Waals surface area contributed by atoms with E-state index in [4.69, 9.17) is 0 Å². The molecule has 28 heavy (non-hydrogen) atoms. The number of hydrazine groups is 1. The minimum Gasteiger partial charge on any atom is -0.361 e. The second kappa shape index (κ2) is 7.36. The zero-order valence-electron chi connectivity index (χ0n) is 14.8. The number of nitrogens with zero attached hydrogens (tertiary/aromatic N) is 2. The average Bonchev–Trinajstić information content (AvgIpc) is 3.12. The van der Waals surface area contributed by atoms with Crippen LogP contribution in [-0.4, -0.2) is 26.3 Å². The molecule has 8 nitrogen and oxygen atoms in total. The Hall–Kier alpha value is -3.94. The van der Waals surface area contributed by atoms with E-state index in [2.05, 4.69) is 20.8 Å². The second-order valence-electron chi connectivity index (χ2n) is 6.33. The first kappa shape index (κ1) is 17.5. The number of nitrogens with one attached hydrogen (secondary N) is 3. The molecule has 0 aliphatic carbocycles. The molecule has 4 aromatic rings. The molecule has 0 aliphatic heterocycles. The molecular weight excluding hydrogens is 358 g/mol. The van der Waals surface area contributed by atoms with Gasteiger partial charge < -0.3 is 4.98 Å². The van der Waals surface area contributed by atoms with Crippen LogP contribution >= 0.6 is 0 Å². The summed E-state index contributed by atoms with van der Waals surface area (Å²) >= 11 is 0. The van der Waals surface area contributed by atoms with Gasteiger partial charge in [0.2, 0.25) is 5.91 Å². The number of hydrogen-bond acceptors (Lipinski definition) is 4. The number of carbonyl (C=O) groups excluding carboxylic acids is 2. The van der Waals surface area contributed by atoms with Crippen molar-refractivity contribution in [2.45, 2.75) is 13.0 Å². The molecule has 0 bridgehead atoms. The number of rotatable bonds is 4. The van der Waals surface area contributed by atoms with Gasteiger partial charge in [0.15, 0.2) is 0 Å². The zero-order valence-corrected chi connectivity index (χ0v) is 14.8. The summed E-state index contributed by atoms with van der Waals surface area (Å²) in [5.74, 6) is -0.881. The summed E-state index contributed by atoms with van der Waals surface area (Å²) in [5, 5.41) is 1.39. The Morgan fingerprint density at radius 1 is 0.964 bits per heavy atom. The maximum Gasteiger partial charge on any atom is 0.261 e. The van der Waals surface area contributed by atoms with Gasteiger partial charge in [-0.05, 0) is 23.8 Å². The number of fused-ring (bicyclic) bond motifs is 2. The van der Waals surface area contributed by atoms with E-state index >= 15 is 0 Å². The monoisotopic (exact) mass is 375 g/mol. The third kappa shape index (κ3) is 3.48. The molecule has 140 valence electrons. The molecule has 2 amide bonds. The highest BCUT2D eigenvalue weighted by Gasteiger charge is 2.11. The van der Waals surface area contributed by atoms with Gasteiger partial charge in [-0.25, -0.2) is 4.98 Å². The van der Waals surface area contributed by atoms with Crippen molar-refractivity contribution in [3.05, 3.63) is 77.0 Å². The molecule has 0 atom stereocenters. The van der Waals surface area contributed by atoms with Crippen molar-refractivity contribution in [1.29, 1.82) is 0 Å². The summed E-state index contributed by atoms with van der Waals surface area (Å²) in [6.45, 7) is -0.246. The molecule has 8 heteroatoms. The summed E-state index contributed by atoms with van der Waals surface area (Å²) in [7, 11) is 0. The SMILES string of the molecule is O=C(Cc1c[nH]c2ccccc12)NNC(=O)Cn1cnc2ccccc2c1=O. The maximum atomic E-state index is 12.4. The average molecular weight is 375 g/mol. The van der Waals surface area contributed by atoms with Crippen LogP contribution in [0.4, 0.5) is 0 Å². The lowest BCUT2D eigenvalue weighted by Gasteiger charge is -2.09. The van der Waals surface area contributed by atoms with Gasteiger partial charge in [-0.3, -0.25) is 29.8 Å². The van der Waals surface area contributed by atoms with Crippen LogP contribution in [0.15, 0.2) is 65.8 Å². The summed E-state index contributed by atoms with van der Waals surface area (Å²) in [4.78, 5) is 43.9. The van der Waals surface area contributed by atoms with E-state index in [9.17, 15) is 14.4 Å². The first-order valence-electron chi connectivity index (χ1n) is 8.68. The van der Waals surface area contributed by atoms with Crippen molar-refractivity contribution < 1.29 is 9.59 Å². The van der Waals surface area contributed by atoms with Crippen LogP contribution in [-0.2, 0) is 22.6 Å². The molecule has 0 radical (unpaired) electrons. The van der Waals surface area contributed by atoms with Gasteiger partial charge in [-0.2, -0.15) is 0 Å². The summed E-state index contributed by atoms with van der Waals surface area (Å²) in [5.41, 5.74) is 6.73. The van der Waals surface area contributed by atoms with Crippen molar-refractivity contribution in [3.63, 3.8) is 0 Å². The number of aromatic nitrogens is 3. The molecule has 4 rings (SSSR count). The van der Waals surface area contributed by atoms with E-state index in [0.717, 1.165) is 16.5 Å². The Labute approximate surface area is 159 Å². The normalized spacial score (nSPS) is 10.9. The van der Waals surface area contributed by atoms with E-state index in [1.165, 1.54) is 10.9 Å². The van der Waals surface area contributed by atoms with Gasteiger partial charge in [0.1, 0.15) is 6.54 Å². The minimum atomic E-state index is -0.522. The zero-order chi connectivity index (χ0) is 19.5. The van der Waals surface area contributed by atoms with Gasteiger partial charge in [0.05, 0.1) is 23.7 Å². The molecule has 3 N–H and O–H groups in total. The summed E-state index contributed by atoms with van der Waals surface area (Å²) in [6, 6.07) is 14.6. The predicted octanol–water partition coefficient (Wildman–Crippen LogP) is 1.27. The van der Waals surface area contributed by atoms with Crippen LogP contribution in [0.3, 0.4) is 0 Å². The lowest BCUT2D eigenvalue weighted by molar-refractivity contribution is -0.128. The van der Waals surface area contributed by atoms with Crippen LogP contribution in [0.25, 0.3) is 21.8 Å². The van der Waals surface area contributed by atoms with Gasteiger partial charge in [-0.1, -0.05) is 30.3 Å². The molecule has 2 aromatic carbocycles. The van der Waals surface area contributed by atoms with Crippen molar-refractivity contribution in [1.82, 2.24) is 25.4 Å². The molecule has 0 aliphatic rings. The number of para-hydroxylation sites is 2. The highest BCUT2D eigenvalue weighted by atomic mass is 16.2. The first-order chi connectivity index (χ1) is 13.6. The number of carbonyl (C=O) groups is 2. The van der Waals surface area contributed by atoms with Gasteiger partial charge in [0.25, 0.3) is 11.5 Å². The Morgan fingerprint density at radius 3 is 2.54 bits per heavy atom. The Kier molecular flexibility index (Phi) is 4.59. The topological polar surface area (TPSA) is 109 Å². The number of benzene rings is 2. The van der Waals surface area contributed by atoms with Gasteiger partial charge in [-0.15, -0.1) is 0 Å². The second-order valence-corrected chi connectivity index (χ2v) is 6.33. The minimum absolute atomic E-state index is 0.113. The smallest absolute Gasteiger partial charge is 0.261 e. The molecule has 0 saturated heterocycles. The number of H-pyrrole nitrogens is 1. The molecule has 0 unspecified atom stereocenters. The Bertz CT molecular complexity index is 1240. The van der Waals surface area contributed by atoms with Crippen LogP contribution in [0.5, 0.6) is 0 Å². The quantitative estimate of drug-likeness (QED) is 0.467. The molecule has 0 spiro atoms. The third-order valence-electron chi connectivity index (χ3n) is 4.41. The Morgan fingerprint density at radius 2 is 1.68 bits per heavy atom. The summed E-state index contributed by atoms with van der Waals surface area (Å²) in [6.07, 6.45) is 3.20. The number of hydrogen-bond donors (Lipinski definition) is 3. The third-order valence-corrected chi connectivity index (χ3v) is 4.41. The van der Waals surface area contributed by atoms with E-state index in [0.29, 0.717) is 10.9 Å². The standard InChI is InChI=1S/C20H17N5O3/c26-18(9-13-10-21-16-7-3-1-5-14(13)16)23-24-19(27)11-25-12-22-17-8-4-2-6-15(17)20(25)28/h1-8,10,12,21H,9,11H2,(H,23,26)(H,24,27). The predicted molar refractivity (Wildman–Crippen MR) is 104 cm³/mol. The van der Waals surface area contributed by atoms with Crippen molar-refractivity contribution >= 4 is 33.6 Å². The number of aromatic amines is 1. The van der Waals surface area contributed by atoms with Crippen LogP contribution < -0.4 is 16.4 Å². The molecule has 0 fully saturated rings. The molecule has 2 aromatic heterocycles. The van der Waals surface area contributed by atoms with Crippen LogP contribution in [0, 0.1) is 0 Å². The maximum absolute atomic E-state index is 12.4. The van der Waals surface area contributed by atoms with Gasteiger partial charge in [0, 0.05) is 17.1 Å². The van der Waals surface area contributed by atoms with E-state index in [1.807, 2.05) is 24.3 Å². The van der Waals surface area contributed by atoms with E-state index < -0.39 is 5.91 Å². The largest absolute Gasteiger partial charge is 0.361 e. The first-order valence-corrected chi connectivity index (χ1v) is 8.68. The molecular formula is C20H17N5O3. The van der Waals surface area contributed by atoms with Crippen molar-refractivity contribution in [2.24, 2.45) is 0 Å². The highest BCUT2D eigenvalue weighted by Crippen LogP contribution is 2.17.